The van der Waals surface area contributed by atoms with Gasteiger partial charge in [0.15, 0.2) is 0 Å². The number of piperidine rings is 1. The first kappa shape index (κ1) is 24.2. The third-order valence-corrected chi connectivity index (χ3v) is 5.21. The van der Waals surface area contributed by atoms with Crippen molar-refractivity contribution < 1.29 is 14.3 Å². The van der Waals surface area contributed by atoms with Crippen LogP contribution in [-0.2, 0) is 11.3 Å². The van der Waals surface area contributed by atoms with Gasteiger partial charge in [-0.15, -0.1) is 0 Å². The smallest absolute Gasteiger partial charge is 0.410 e. The van der Waals surface area contributed by atoms with Crippen molar-refractivity contribution in [3.8, 4) is 0 Å². The topological polar surface area (TPSA) is 61.9 Å². The molecule has 6 nitrogen and oxygen atoms in total. The molecule has 1 saturated heterocycles. The Hall–Kier alpha value is -2.08. The first-order chi connectivity index (χ1) is 14.0. The van der Waals surface area contributed by atoms with Gasteiger partial charge in [0.05, 0.1) is 0 Å². The second-order valence-electron chi connectivity index (χ2n) is 9.88. The van der Waals surface area contributed by atoms with E-state index in [2.05, 4.69) is 30.1 Å². The summed E-state index contributed by atoms with van der Waals surface area (Å²) in [6.45, 7) is 14.1. The fraction of sp³-hybridized carbons (Fsp3) is 0.667. The molecule has 0 aromatic heterocycles. The third-order valence-electron chi connectivity index (χ3n) is 5.21. The first-order valence-electron chi connectivity index (χ1n) is 11.1. The first-order valence-corrected chi connectivity index (χ1v) is 11.1. The minimum absolute atomic E-state index is 0.00515. The molecule has 2 rings (SSSR count). The van der Waals surface area contributed by atoms with Crippen molar-refractivity contribution in [3.05, 3.63) is 35.4 Å². The summed E-state index contributed by atoms with van der Waals surface area (Å²) in [5, 5.41) is 2.98. The molecule has 30 heavy (non-hydrogen) atoms. The van der Waals surface area contributed by atoms with Crippen molar-refractivity contribution >= 4 is 12.0 Å². The molecule has 1 N–H and O–H groups in total. The largest absolute Gasteiger partial charge is 0.444 e. The van der Waals surface area contributed by atoms with Gasteiger partial charge in [-0.1, -0.05) is 26.0 Å². The molecule has 168 valence electrons. The number of carbonyl (C=O) groups is 2. The summed E-state index contributed by atoms with van der Waals surface area (Å²) >= 11 is 0. The Morgan fingerprint density at radius 3 is 2.50 bits per heavy atom. The number of benzene rings is 1. The van der Waals surface area contributed by atoms with Crippen LogP contribution in [0.3, 0.4) is 0 Å². The highest BCUT2D eigenvalue weighted by molar-refractivity contribution is 5.94. The lowest BCUT2D eigenvalue weighted by Crippen LogP contribution is -2.41. The second kappa shape index (κ2) is 10.8. The van der Waals surface area contributed by atoms with Crippen LogP contribution in [0, 0.1) is 11.8 Å². The van der Waals surface area contributed by atoms with Crippen molar-refractivity contribution in [3.63, 3.8) is 0 Å². The summed E-state index contributed by atoms with van der Waals surface area (Å²) in [7, 11) is 1.82. The summed E-state index contributed by atoms with van der Waals surface area (Å²) in [6, 6.07) is 7.92. The minimum Gasteiger partial charge on any atom is -0.444 e. The number of nitrogens with one attached hydrogen (secondary N) is 1. The maximum Gasteiger partial charge on any atom is 0.410 e. The van der Waals surface area contributed by atoms with Crippen LogP contribution in [0.4, 0.5) is 4.79 Å². The molecule has 1 heterocycles. The number of ether oxygens (including phenoxy) is 1. The Morgan fingerprint density at radius 1 is 1.23 bits per heavy atom. The van der Waals surface area contributed by atoms with Crippen LogP contribution in [0.1, 0.15) is 63.4 Å². The average molecular weight is 418 g/mol. The summed E-state index contributed by atoms with van der Waals surface area (Å²) in [5.41, 5.74) is 1.42. The SMILES string of the molecule is CC(C)CNC(=O)c1cccc(CN2CCC(CN(C)C(=O)OC(C)(C)C)CC2)c1. The molecule has 0 aliphatic carbocycles. The summed E-state index contributed by atoms with van der Waals surface area (Å²) < 4.78 is 5.45. The normalized spacial score (nSPS) is 15.8. The van der Waals surface area contributed by atoms with Crippen LogP contribution < -0.4 is 5.32 Å². The number of hydrogen-bond donors (Lipinski definition) is 1. The van der Waals surface area contributed by atoms with E-state index in [0.717, 1.165) is 50.1 Å². The minimum atomic E-state index is -0.463. The highest BCUT2D eigenvalue weighted by atomic mass is 16.6. The Bertz CT molecular complexity index is 704. The van der Waals surface area contributed by atoms with Crippen LogP contribution in [0.5, 0.6) is 0 Å². The molecule has 1 aromatic carbocycles. The number of likely N-dealkylation sites (tertiary alicyclic amines) is 1. The van der Waals surface area contributed by atoms with Crippen molar-refractivity contribution in [2.45, 2.75) is 59.6 Å². The molecule has 2 amide bonds. The van der Waals surface area contributed by atoms with Crippen molar-refractivity contribution in [2.75, 3.05) is 33.2 Å². The van der Waals surface area contributed by atoms with E-state index in [4.69, 9.17) is 4.74 Å². The van der Waals surface area contributed by atoms with Gasteiger partial charge in [0, 0.05) is 32.2 Å². The van der Waals surface area contributed by atoms with Crippen LogP contribution in [0.15, 0.2) is 24.3 Å². The Balaban J connectivity index is 1.80. The predicted octanol–water partition coefficient (Wildman–Crippen LogP) is 4.15. The zero-order chi connectivity index (χ0) is 22.3. The second-order valence-corrected chi connectivity index (χ2v) is 9.88. The van der Waals surface area contributed by atoms with Gasteiger partial charge in [-0.2, -0.15) is 0 Å². The van der Waals surface area contributed by atoms with E-state index in [0.29, 0.717) is 18.4 Å². The van der Waals surface area contributed by atoms with Gasteiger partial charge in [0.2, 0.25) is 0 Å². The lowest BCUT2D eigenvalue weighted by atomic mass is 9.96. The molecular formula is C24H39N3O3. The van der Waals surface area contributed by atoms with Crippen LogP contribution in [0.25, 0.3) is 0 Å². The van der Waals surface area contributed by atoms with Gasteiger partial charge in [0.1, 0.15) is 5.60 Å². The third kappa shape index (κ3) is 8.34. The highest BCUT2D eigenvalue weighted by Crippen LogP contribution is 2.21. The molecule has 0 saturated carbocycles. The van der Waals surface area contributed by atoms with E-state index < -0.39 is 5.60 Å². The van der Waals surface area contributed by atoms with Gasteiger partial charge in [-0.25, -0.2) is 4.79 Å². The van der Waals surface area contributed by atoms with E-state index in [-0.39, 0.29) is 12.0 Å². The Morgan fingerprint density at radius 2 is 1.90 bits per heavy atom. The average Bonchev–Trinajstić information content (AvgIpc) is 2.66. The zero-order valence-electron chi connectivity index (χ0n) is 19.5. The Labute approximate surface area is 182 Å². The number of amides is 2. The van der Waals surface area contributed by atoms with Gasteiger partial charge in [0.25, 0.3) is 5.91 Å². The Kier molecular flexibility index (Phi) is 8.71. The molecule has 1 aliphatic heterocycles. The number of hydrogen-bond acceptors (Lipinski definition) is 4. The standard InChI is InChI=1S/C24H39N3O3/c1-18(2)15-25-22(28)21-9-7-8-20(14-21)17-27-12-10-19(11-13-27)16-26(6)23(29)30-24(3,4)5/h7-9,14,18-19H,10-13,15-17H2,1-6H3,(H,25,28). The molecule has 1 aliphatic rings. The number of nitrogens with zero attached hydrogens (tertiary/aromatic N) is 2. The fourth-order valence-corrected chi connectivity index (χ4v) is 3.60. The van der Waals surface area contributed by atoms with E-state index in [1.54, 1.807) is 4.90 Å². The summed E-state index contributed by atoms with van der Waals surface area (Å²) in [4.78, 5) is 28.6. The van der Waals surface area contributed by atoms with Crippen molar-refractivity contribution in [1.82, 2.24) is 15.1 Å². The van der Waals surface area contributed by atoms with E-state index >= 15 is 0 Å². The zero-order valence-corrected chi connectivity index (χ0v) is 19.5. The van der Waals surface area contributed by atoms with Gasteiger partial charge >= 0.3 is 6.09 Å². The van der Waals surface area contributed by atoms with E-state index in [9.17, 15) is 9.59 Å². The van der Waals surface area contributed by atoms with E-state index in [1.165, 1.54) is 0 Å². The summed E-state index contributed by atoms with van der Waals surface area (Å²) in [6.07, 6.45) is 1.86. The van der Waals surface area contributed by atoms with Gasteiger partial charge < -0.3 is 15.0 Å². The molecule has 0 radical (unpaired) electrons. The van der Waals surface area contributed by atoms with E-state index in [1.807, 2.05) is 46.0 Å². The van der Waals surface area contributed by atoms with Gasteiger partial charge in [-0.05, 0) is 76.2 Å². The quantitative estimate of drug-likeness (QED) is 0.724. The van der Waals surface area contributed by atoms with Gasteiger partial charge in [-0.3, -0.25) is 9.69 Å². The summed E-state index contributed by atoms with van der Waals surface area (Å²) in [5.74, 6) is 0.925. The molecule has 0 spiro atoms. The molecular weight excluding hydrogens is 378 g/mol. The number of carbonyl (C=O) groups excluding carboxylic acids is 2. The number of rotatable bonds is 7. The molecule has 0 unspecified atom stereocenters. The van der Waals surface area contributed by atoms with Crippen molar-refractivity contribution in [2.24, 2.45) is 11.8 Å². The van der Waals surface area contributed by atoms with Crippen molar-refractivity contribution in [1.29, 1.82) is 0 Å². The highest BCUT2D eigenvalue weighted by Gasteiger charge is 2.25. The maximum absolute atomic E-state index is 12.3. The fourth-order valence-electron chi connectivity index (χ4n) is 3.60. The molecule has 6 heteroatoms. The predicted molar refractivity (Wildman–Crippen MR) is 120 cm³/mol. The monoisotopic (exact) mass is 417 g/mol. The molecule has 0 atom stereocenters. The molecule has 1 fully saturated rings. The molecule has 1 aromatic rings. The molecule has 0 bridgehead atoms. The van der Waals surface area contributed by atoms with Crippen LogP contribution >= 0.6 is 0 Å². The lowest BCUT2D eigenvalue weighted by Gasteiger charge is -2.34. The van der Waals surface area contributed by atoms with Crippen LogP contribution in [0.2, 0.25) is 0 Å². The lowest BCUT2D eigenvalue weighted by molar-refractivity contribution is 0.0248. The van der Waals surface area contributed by atoms with Crippen LogP contribution in [-0.4, -0.2) is 60.6 Å². The maximum atomic E-state index is 12.3.